The second kappa shape index (κ2) is 6.72. The summed E-state index contributed by atoms with van der Waals surface area (Å²) in [5.74, 6) is 0.797. The molecule has 2 aromatic carbocycles. The van der Waals surface area contributed by atoms with E-state index in [4.69, 9.17) is 32.2 Å². The normalized spacial score (nSPS) is 25.5. The van der Waals surface area contributed by atoms with E-state index < -0.39 is 26.4 Å². The van der Waals surface area contributed by atoms with E-state index in [1.54, 1.807) is 36.4 Å². The Morgan fingerprint density at radius 1 is 1.21 bits per heavy atom. The van der Waals surface area contributed by atoms with Gasteiger partial charge in [-0.3, -0.25) is 0 Å². The van der Waals surface area contributed by atoms with E-state index in [0.29, 0.717) is 11.5 Å². The number of methoxy groups -OCH3 is 1. The standard InChI is InChI=1S/C20H21NO5S2/c1-12-3-6-14(7-4-12)28(22,23)18-17(20(18,10-24-2)19(21)27)13-5-8-15-16(9-13)26-11-25-15/h3-9,17-18H,10-11H2,1-2H3,(H2,21,27)/t17-,18+,20-/m1/s1. The van der Waals surface area contributed by atoms with Gasteiger partial charge in [0.05, 0.1) is 27.2 Å². The summed E-state index contributed by atoms with van der Waals surface area (Å²) in [7, 11) is -2.17. The van der Waals surface area contributed by atoms with E-state index in [-0.39, 0.29) is 23.3 Å². The van der Waals surface area contributed by atoms with Crippen molar-refractivity contribution in [3.05, 3.63) is 53.6 Å². The zero-order chi connectivity index (χ0) is 20.1. The maximum Gasteiger partial charge on any atom is 0.231 e. The van der Waals surface area contributed by atoms with Crippen molar-refractivity contribution in [3.8, 4) is 11.5 Å². The molecular formula is C20H21NO5S2. The van der Waals surface area contributed by atoms with Gasteiger partial charge in [-0.25, -0.2) is 8.42 Å². The Morgan fingerprint density at radius 3 is 2.54 bits per heavy atom. The van der Waals surface area contributed by atoms with Crippen molar-refractivity contribution in [2.45, 2.75) is 23.0 Å². The predicted molar refractivity (Wildman–Crippen MR) is 109 cm³/mol. The van der Waals surface area contributed by atoms with Crippen molar-refractivity contribution in [2.75, 3.05) is 20.5 Å². The van der Waals surface area contributed by atoms with Crippen LogP contribution in [0.5, 0.6) is 11.5 Å². The minimum atomic E-state index is -3.69. The molecule has 2 aliphatic rings. The molecule has 4 rings (SSSR count). The molecule has 1 aliphatic carbocycles. The maximum absolute atomic E-state index is 13.5. The first kappa shape index (κ1) is 19.2. The predicted octanol–water partition coefficient (Wildman–Crippen LogP) is 2.58. The number of rotatable bonds is 6. The van der Waals surface area contributed by atoms with Crippen molar-refractivity contribution in [1.29, 1.82) is 0 Å². The molecule has 6 nitrogen and oxygen atoms in total. The van der Waals surface area contributed by atoms with Crippen LogP contribution in [-0.4, -0.2) is 39.2 Å². The van der Waals surface area contributed by atoms with Gasteiger partial charge in [0, 0.05) is 13.0 Å². The highest BCUT2D eigenvalue weighted by atomic mass is 32.2. The van der Waals surface area contributed by atoms with E-state index in [0.717, 1.165) is 11.1 Å². The van der Waals surface area contributed by atoms with Gasteiger partial charge >= 0.3 is 0 Å². The summed E-state index contributed by atoms with van der Waals surface area (Å²) in [6.45, 7) is 2.18. The third-order valence-corrected chi connectivity index (χ3v) is 8.21. The van der Waals surface area contributed by atoms with Gasteiger partial charge < -0.3 is 19.9 Å². The average Bonchev–Trinajstić information content (AvgIpc) is 3.13. The first-order valence-corrected chi connectivity index (χ1v) is 10.8. The molecule has 0 aromatic heterocycles. The second-order valence-corrected chi connectivity index (χ2v) is 9.72. The van der Waals surface area contributed by atoms with E-state index in [9.17, 15) is 8.42 Å². The monoisotopic (exact) mass is 419 g/mol. The number of nitrogens with two attached hydrogens (primary N) is 1. The van der Waals surface area contributed by atoms with Crippen LogP contribution in [0.4, 0.5) is 0 Å². The number of hydrogen-bond acceptors (Lipinski definition) is 6. The largest absolute Gasteiger partial charge is 0.454 e. The molecule has 0 unspecified atom stereocenters. The third-order valence-electron chi connectivity index (χ3n) is 5.54. The second-order valence-electron chi connectivity index (χ2n) is 7.21. The van der Waals surface area contributed by atoms with Gasteiger partial charge in [-0.05, 0) is 36.8 Å². The smallest absolute Gasteiger partial charge is 0.231 e. The summed E-state index contributed by atoms with van der Waals surface area (Å²) in [4.78, 5) is 0.390. The van der Waals surface area contributed by atoms with Gasteiger partial charge in [-0.1, -0.05) is 36.0 Å². The molecule has 1 saturated carbocycles. The molecule has 3 atom stereocenters. The first-order valence-electron chi connectivity index (χ1n) is 8.81. The van der Waals surface area contributed by atoms with E-state index in [1.807, 2.05) is 13.0 Å². The summed E-state index contributed by atoms with van der Waals surface area (Å²) in [5, 5.41) is -0.805. The highest BCUT2D eigenvalue weighted by Gasteiger charge is 2.73. The topological polar surface area (TPSA) is 87.8 Å². The fourth-order valence-corrected chi connectivity index (χ4v) is 6.86. The minimum absolute atomic E-state index is 0.122. The van der Waals surface area contributed by atoms with E-state index in [2.05, 4.69) is 0 Å². The first-order chi connectivity index (χ1) is 13.3. The van der Waals surface area contributed by atoms with Gasteiger partial charge in [-0.15, -0.1) is 0 Å². The lowest BCUT2D eigenvalue weighted by atomic mass is 9.99. The summed E-state index contributed by atoms with van der Waals surface area (Å²) < 4.78 is 43.2. The highest BCUT2D eigenvalue weighted by Crippen LogP contribution is 2.65. The Labute approximate surface area is 169 Å². The summed E-state index contributed by atoms with van der Waals surface area (Å²) in [6, 6.07) is 12.2. The van der Waals surface area contributed by atoms with Gasteiger partial charge in [0.15, 0.2) is 21.3 Å². The van der Waals surface area contributed by atoms with Crippen LogP contribution in [0.2, 0.25) is 0 Å². The fourth-order valence-electron chi connectivity index (χ4n) is 4.09. The zero-order valence-corrected chi connectivity index (χ0v) is 17.2. The summed E-state index contributed by atoms with van der Waals surface area (Å²) in [5.41, 5.74) is 6.88. The average molecular weight is 420 g/mol. The van der Waals surface area contributed by atoms with Crippen molar-refractivity contribution in [3.63, 3.8) is 0 Å². The van der Waals surface area contributed by atoms with Crippen molar-refractivity contribution in [1.82, 2.24) is 0 Å². The van der Waals surface area contributed by atoms with Crippen LogP contribution in [0.1, 0.15) is 17.0 Å². The summed E-state index contributed by atoms with van der Waals surface area (Å²) >= 11 is 5.33. The number of sulfone groups is 1. The number of ether oxygens (including phenoxy) is 3. The summed E-state index contributed by atoms with van der Waals surface area (Å²) in [6.07, 6.45) is 0. The molecule has 1 aliphatic heterocycles. The molecule has 0 bridgehead atoms. The van der Waals surface area contributed by atoms with Crippen molar-refractivity contribution >= 4 is 27.0 Å². The van der Waals surface area contributed by atoms with Crippen LogP contribution < -0.4 is 15.2 Å². The lowest BCUT2D eigenvalue weighted by molar-refractivity contribution is 0.166. The minimum Gasteiger partial charge on any atom is -0.454 e. The Hall–Kier alpha value is -2.16. The Morgan fingerprint density at radius 2 is 1.89 bits per heavy atom. The quantitative estimate of drug-likeness (QED) is 0.720. The third kappa shape index (κ3) is 2.78. The molecule has 1 heterocycles. The van der Waals surface area contributed by atoms with Crippen molar-refractivity contribution < 1.29 is 22.6 Å². The van der Waals surface area contributed by atoms with Gasteiger partial charge in [0.1, 0.15) is 0 Å². The Kier molecular flexibility index (Phi) is 4.60. The van der Waals surface area contributed by atoms with Crippen LogP contribution >= 0.6 is 12.2 Å². The SMILES string of the molecule is COC[C@@]1(C(N)=S)[C@H](c2ccc3c(c2)OCO3)[C@@H]1S(=O)(=O)c1ccc(C)cc1. The van der Waals surface area contributed by atoms with Crippen LogP contribution in [0.25, 0.3) is 0 Å². The molecule has 2 N–H and O–H groups in total. The van der Waals surface area contributed by atoms with Crippen LogP contribution in [0, 0.1) is 12.3 Å². The van der Waals surface area contributed by atoms with E-state index >= 15 is 0 Å². The molecule has 0 amide bonds. The molecule has 0 spiro atoms. The van der Waals surface area contributed by atoms with Gasteiger partial charge in [0.25, 0.3) is 0 Å². The lowest BCUT2D eigenvalue weighted by Gasteiger charge is -2.16. The number of thiocarbonyl (C=S) groups is 1. The number of benzene rings is 2. The van der Waals surface area contributed by atoms with Crippen molar-refractivity contribution in [2.24, 2.45) is 11.1 Å². The van der Waals surface area contributed by atoms with Gasteiger partial charge in [-0.2, -0.15) is 0 Å². The zero-order valence-electron chi connectivity index (χ0n) is 15.5. The molecule has 0 saturated heterocycles. The maximum atomic E-state index is 13.5. The van der Waals surface area contributed by atoms with E-state index in [1.165, 1.54) is 7.11 Å². The Bertz CT molecular complexity index is 1040. The van der Waals surface area contributed by atoms with Crippen LogP contribution in [-0.2, 0) is 14.6 Å². The fraction of sp³-hybridized carbons (Fsp3) is 0.350. The lowest BCUT2D eigenvalue weighted by Crippen LogP contribution is -2.33. The van der Waals surface area contributed by atoms with Crippen LogP contribution in [0.15, 0.2) is 47.4 Å². The molecule has 28 heavy (non-hydrogen) atoms. The molecular weight excluding hydrogens is 398 g/mol. The number of fused-ring (bicyclic) bond motifs is 1. The molecule has 2 aromatic rings. The van der Waals surface area contributed by atoms with Gasteiger partial charge in [0.2, 0.25) is 6.79 Å². The number of aryl methyl sites for hydroxylation is 1. The number of hydrogen-bond donors (Lipinski definition) is 1. The Balaban J connectivity index is 1.81. The molecule has 1 fully saturated rings. The highest BCUT2D eigenvalue weighted by molar-refractivity contribution is 7.92. The molecule has 8 heteroatoms. The van der Waals surface area contributed by atoms with Crippen LogP contribution in [0.3, 0.4) is 0 Å². The molecule has 0 radical (unpaired) electrons. The molecule has 148 valence electrons.